The van der Waals surface area contributed by atoms with E-state index in [1.54, 1.807) is 12.1 Å². The average molecular weight is 308 g/mol. The molecular formula is C15H20N2O3S. The van der Waals surface area contributed by atoms with E-state index in [9.17, 15) is 14.9 Å². The summed E-state index contributed by atoms with van der Waals surface area (Å²) in [6, 6.07) is 6.94. The summed E-state index contributed by atoms with van der Waals surface area (Å²) < 4.78 is 0. The Morgan fingerprint density at radius 2 is 2.19 bits per heavy atom. The second kappa shape index (κ2) is 7.45. The first-order valence-electron chi connectivity index (χ1n) is 7.21. The van der Waals surface area contributed by atoms with E-state index in [-0.39, 0.29) is 16.8 Å². The van der Waals surface area contributed by atoms with Crippen molar-refractivity contribution in [3.05, 3.63) is 39.9 Å². The molecule has 1 aliphatic rings. The van der Waals surface area contributed by atoms with Crippen molar-refractivity contribution in [2.45, 2.75) is 43.9 Å². The third kappa shape index (κ3) is 4.74. The Kier molecular flexibility index (Phi) is 5.61. The number of carbonyl (C=O) groups excluding carboxylic acids is 1. The monoisotopic (exact) mass is 308 g/mol. The first-order valence-corrected chi connectivity index (χ1v) is 8.26. The van der Waals surface area contributed by atoms with Gasteiger partial charge in [0.15, 0.2) is 0 Å². The molecule has 0 bridgehead atoms. The Hall–Kier alpha value is -1.56. The number of hydrogen-bond donors (Lipinski definition) is 1. The van der Waals surface area contributed by atoms with Crippen LogP contribution in [0.15, 0.2) is 24.3 Å². The molecule has 0 saturated heterocycles. The van der Waals surface area contributed by atoms with Crippen molar-refractivity contribution in [1.82, 2.24) is 5.32 Å². The predicted octanol–water partition coefficient (Wildman–Crippen LogP) is 3.45. The molecule has 1 aliphatic carbocycles. The summed E-state index contributed by atoms with van der Waals surface area (Å²) in [4.78, 5) is 22.2. The fourth-order valence-electron chi connectivity index (χ4n) is 2.53. The highest BCUT2D eigenvalue weighted by atomic mass is 32.2. The van der Waals surface area contributed by atoms with Crippen molar-refractivity contribution >= 4 is 23.4 Å². The normalized spacial score (nSPS) is 16.6. The molecule has 1 amide bonds. The number of benzene rings is 1. The number of non-ortho nitro benzene ring substituents is 1. The maximum absolute atomic E-state index is 11.9. The number of thioether (sulfide) groups is 1. The van der Waals surface area contributed by atoms with Gasteiger partial charge in [0.25, 0.3) is 5.69 Å². The molecule has 1 atom stereocenters. The lowest BCUT2D eigenvalue weighted by molar-refractivity contribution is -0.384. The minimum absolute atomic E-state index is 0.0548. The van der Waals surface area contributed by atoms with Crippen LogP contribution in [0.25, 0.3) is 0 Å². The molecular weight excluding hydrogens is 288 g/mol. The van der Waals surface area contributed by atoms with Gasteiger partial charge >= 0.3 is 0 Å². The smallest absolute Gasteiger partial charge is 0.269 e. The van der Waals surface area contributed by atoms with Gasteiger partial charge in [-0.05, 0) is 25.3 Å². The number of hydrogen-bond acceptors (Lipinski definition) is 4. The van der Waals surface area contributed by atoms with Gasteiger partial charge in [-0.2, -0.15) is 0 Å². The number of nitrogens with one attached hydrogen (secondary N) is 1. The lowest BCUT2D eigenvalue weighted by Gasteiger charge is -2.14. The van der Waals surface area contributed by atoms with Gasteiger partial charge in [-0.15, -0.1) is 11.8 Å². The standard InChI is InChI=1S/C15H20N2O3S/c1-11(12-5-4-8-14(9-12)17(19)20)21-10-15(18)16-13-6-2-3-7-13/h4-5,8-9,11,13H,2-3,6-7,10H2,1H3,(H,16,18)/t11-/m1/s1. The summed E-state index contributed by atoms with van der Waals surface area (Å²) in [6.07, 6.45) is 4.55. The van der Waals surface area contributed by atoms with Crippen LogP contribution in [-0.2, 0) is 4.79 Å². The molecule has 1 aromatic rings. The molecule has 0 spiro atoms. The molecule has 0 aliphatic heterocycles. The lowest BCUT2D eigenvalue weighted by Crippen LogP contribution is -2.33. The molecule has 5 nitrogen and oxygen atoms in total. The number of rotatable bonds is 6. The van der Waals surface area contributed by atoms with Gasteiger partial charge in [0, 0.05) is 23.4 Å². The lowest BCUT2D eigenvalue weighted by atomic mass is 10.1. The van der Waals surface area contributed by atoms with Crippen LogP contribution >= 0.6 is 11.8 Å². The summed E-state index contributed by atoms with van der Waals surface area (Å²) in [5.41, 5.74) is 0.971. The number of nitrogens with zero attached hydrogens (tertiary/aromatic N) is 1. The van der Waals surface area contributed by atoms with E-state index in [1.165, 1.54) is 30.7 Å². The van der Waals surface area contributed by atoms with Crippen molar-refractivity contribution in [3.63, 3.8) is 0 Å². The molecule has 1 fully saturated rings. The fraction of sp³-hybridized carbons (Fsp3) is 0.533. The van der Waals surface area contributed by atoms with Crippen molar-refractivity contribution < 1.29 is 9.72 Å². The molecule has 1 aromatic carbocycles. The average Bonchev–Trinajstić information content (AvgIpc) is 2.97. The molecule has 114 valence electrons. The Labute approximate surface area is 128 Å². The van der Waals surface area contributed by atoms with Crippen molar-refractivity contribution in [2.24, 2.45) is 0 Å². The first kappa shape index (κ1) is 15.8. The summed E-state index contributed by atoms with van der Waals surface area (Å²) in [5, 5.41) is 13.9. The zero-order valence-corrected chi connectivity index (χ0v) is 12.9. The van der Waals surface area contributed by atoms with E-state index in [0.717, 1.165) is 18.4 Å². The maximum atomic E-state index is 11.9. The van der Waals surface area contributed by atoms with Crippen molar-refractivity contribution in [1.29, 1.82) is 0 Å². The maximum Gasteiger partial charge on any atom is 0.269 e. The summed E-state index contributed by atoms with van der Waals surface area (Å²) >= 11 is 1.51. The Morgan fingerprint density at radius 1 is 1.48 bits per heavy atom. The minimum Gasteiger partial charge on any atom is -0.353 e. The molecule has 1 N–H and O–H groups in total. The van der Waals surface area contributed by atoms with Gasteiger partial charge in [0.2, 0.25) is 5.91 Å². The van der Waals surface area contributed by atoms with E-state index < -0.39 is 4.92 Å². The quantitative estimate of drug-likeness (QED) is 0.645. The highest BCUT2D eigenvalue weighted by molar-refractivity contribution is 8.00. The second-order valence-electron chi connectivity index (χ2n) is 5.35. The van der Waals surface area contributed by atoms with Crippen LogP contribution < -0.4 is 5.32 Å². The molecule has 0 unspecified atom stereocenters. The number of carbonyl (C=O) groups is 1. The Morgan fingerprint density at radius 3 is 2.86 bits per heavy atom. The van der Waals surface area contributed by atoms with E-state index in [0.29, 0.717) is 11.8 Å². The van der Waals surface area contributed by atoms with Crippen LogP contribution in [-0.4, -0.2) is 22.6 Å². The summed E-state index contributed by atoms with van der Waals surface area (Å²) in [7, 11) is 0. The summed E-state index contributed by atoms with van der Waals surface area (Å²) in [6.45, 7) is 1.96. The van der Waals surface area contributed by atoms with Gasteiger partial charge in [-0.25, -0.2) is 0 Å². The van der Waals surface area contributed by atoms with Crippen LogP contribution in [0.5, 0.6) is 0 Å². The van der Waals surface area contributed by atoms with Crippen LogP contribution in [0.4, 0.5) is 5.69 Å². The van der Waals surface area contributed by atoms with E-state index in [2.05, 4.69) is 5.32 Å². The molecule has 1 saturated carbocycles. The zero-order chi connectivity index (χ0) is 15.2. The largest absolute Gasteiger partial charge is 0.353 e. The zero-order valence-electron chi connectivity index (χ0n) is 12.1. The first-order chi connectivity index (χ1) is 10.1. The highest BCUT2D eigenvalue weighted by Crippen LogP contribution is 2.30. The minimum atomic E-state index is -0.395. The van der Waals surface area contributed by atoms with E-state index >= 15 is 0 Å². The number of amides is 1. The molecule has 21 heavy (non-hydrogen) atoms. The van der Waals surface area contributed by atoms with E-state index in [4.69, 9.17) is 0 Å². The third-order valence-electron chi connectivity index (χ3n) is 3.74. The number of nitro groups is 1. The van der Waals surface area contributed by atoms with Gasteiger partial charge in [0.05, 0.1) is 10.7 Å². The van der Waals surface area contributed by atoms with Gasteiger partial charge < -0.3 is 5.32 Å². The summed E-state index contributed by atoms with van der Waals surface area (Å²) in [5.74, 6) is 0.449. The van der Waals surface area contributed by atoms with Gasteiger partial charge in [-0.1, -0.05) is 25.0 Å². The second-order valence-corrected chi connectivity index (χ2v) is 6.68. The highest BCUT2D eigenvalue weighted by Gasteiger charge is 2.18. The molecule has 0 radical (unpaired) electrons. The van der Waals surface area contributed by atoms with Crippen LogP contribution in [0.2, 0.25) is 0 Å². The van der Waals surface area contributed by atoms with Gasteiger partial charge in [0.1, 0.15) is 0 Å². The molecule has 0 aromatic heterocycles. The van der Waals surface area contributed by atoms with Gasteiger partial charge in [-0.3, -0.25) is 14.9 Å². The SMILES string of the molecule is C[C@@H](SCC(=O)NC1CCCC1)c1cccc([N+](=O)[O-])c1. The van der Waals surface area contributed by atoms with Crippen LogP contribution in [0.3, 0.4) is 0 Å². The molecule has 6 heteroatoms. The third-order valence-corrected chi connectivity index (χ3v) is 4.94. The number of nitro benzene ring substituents is 1. The predicted molar refractivity (Wildman–Crippen MR) is 84.4 cm³/mol. The molecule has 2 rings (SSSR count). The van der Waals surface area contributed by atoms with Crippen molar-refractivity contribution in [2.75, 3.05) is 5.75 Å². The fourth-order valence-corrected chi connectivity index (χ4v) is 3.35. The van der Waals surface area contributed by atoms with E-state index in [1.807, 2.05) is 13.0 Å². The molecule has 0 heterocycles. The Bertz CT molecular complexity index is 515. The topological polar surface area (TPSA) is 72.2 Å². The van der Waals surface area contributed by atoms with Crippen molar-refractivity contribution in [3.8, 4) is 0 Å². The van der Waals surface area contributed by atoms with Crippen LogP contribution in [0, 0.1) is 10.1 Å². The Balaban J connectivity index is 1.83. The van der Waals surface area contributed by atoms with Crippen LogP contribution in [0.1, 0.15) is 43.4 Å².